The van der Waals surface area contributed by atoms with E-state index in [2.05, 4.69) is 13.8 Å². The van der Waals surface area contributed by atoms with Crippen molar-refractivity contribution in [3.63, 3.8) is 0 Å². The van der Waals surface area contributed by atoms with E-state index in [0.29, 0.717) is 0 Å². The number of hydrogen-bond acceptors (Lipinski definition) is 2. The Hall–Kier alpha value is -1.84. The minimum atomic E-state index is -0.114. The van der Waals surface area contributed by atoms with Gasteiger partial charge in [-0.3, -0.25) is 9.59 Å². The van der Waals surface area contributed by atoms with Crippen LogP contribution in [0.1, 0.15) is 39.2 Å². The van der Waals surface area contributed by atoms with E-state index in [-0.39, 0.29) is 18.4 Å². The Balaban J connectivity index is 2.77. The van der Waals surface area contributed by atoms with E-state index >= 15 is 0 Å². The van der Waals surface area contributed by atoms with Crippen LogP contribution >= 0.6 is 0 Å². The van der Waals surface area contributed by atoms with Gasteiger partial charge in [0.15, 0.2) is 0 Å². The number of hydrogen-bond donors (Lipinski definition) is 0. The number of benzene rings is 1. The predicted molar refractivity (Wildman–Crippen MR) is 86.4 cm³/mol. The molecule has 0 saturated carbocycles. The number of unbranched alkanes of at least 4 members (excludes halogenated alkanes) is 1. The summed E-state index contributed by atoms with van der Waals surface area (Å²) < 4.78 is 0. The molecule has 1 rings (SSSR count). The molecule has 0 aliphatic carbocycles. The van der Waals surface area contributed by atoms with Crippen molar-refractivity contribution in [2.24, 2.45) is 0 Å². The van der Waals surface area contributed by atoms with E-state index in [9.17, 15) is 9.59 Å². The Bertz CT molecular complexity index is 468. The monoisotopic (exact) mass is 290 g/mol. The van der Waals surface area contributed by atoms with Gasteiger partial charge >= 0.3 is 0 Å². The molecule has 21 heavy (non-hydrogen) atoms. The zero-order chi connectivity index (χ0) is 15.8. The Morgan fingerprint density at radius 1 is 1.10 bits per heavy atom. The summed E-state index contributed by atoms with van der Waals surface area (Å²) in [6, 6.07) is 7.80. The second-order valence-corrected chi connectivity index (χ2v) is 5.29. The molecular formula is C17H26N2O2. The highest BCUT2D eigenvalue weighted by Crippen LogP contribution is 2.16. The molecule has 1 aromatic carbocycles. The maximum Gasteiger partial charge on any atom is 0.242 e. The van der Waals surface area contributed by atoms with Gasteiger partial charge in [0.2, 0.25) is 11.8 Å². The van der Waals surface area contributed by atoms with Crippen molar-refractivity contribution in [1.82, 2.24) is 4.90 Å². The van der Waals surface area contributed by atoms with Crippen molar-refractivity contribution in [3.8, 4) is 0 Å². The summed E-state index contributed by atoms with van der Waals surface area (Å²) in [5.74, 6) is -0.144. The summed E-state index contributed by atoms with van der Waals surface area (Å²) >= 11 is 0. The number of likely N-dealkylation sites (N-methyl/N-ethyl adjacent to an activating group) is 1. The zero-order valence-electron chi connectivity index (χ0n) is 13.6. The summed E-state index contributed by atoms with van der Waals surface area (Å²) in [6.45, 7) is 6.50. The Morgan fingerprint density at radius 3 is 2.19 bits per heavy atom. The van der Waals surface area contributed by atoms with Gasteiger partial charge in [0, 0.05) is 26.2 Å². The van der Waals surface area contributed by atoms with Crippen molar-refractivity contribution < 1.29 is 9.59 Å². The highest BCUT2D eigenvalue weighted by atomic mass is 16.2. The topological polar surface area (TPSA) is 40.6 Å². The fourth-order valence-electron chi connectivity index (χ4n) is 2.07. The van der Waals surface area contributed by atoms with Gasteiger partial charge in [0.1, 0.15) is 6.54 Å². The van der Waals surface area contributed by atoms with Gasteiger partial charge in [0.25, 0.3) is 0 Å². The Labute approximate surface area is 127 Å². The van der Waals surface area contributed by atoms with Crippen molar-refractivity contribution in [1.29, 1.82) is 0 Å². The van der Waals surface area contributed by atoms with Crippen LogP contribution in [-0.4, -0.2) is 36.9 Å². The van der Waals surface area contributed by atoms with E-state index in [1.807, 2.05) is 24.3 Å². The normalized spacial score (nSPS) is 10.3. The maximum atomic E-state index is 12.2. The molecule has 4 heteroatoms. The second-order valence-electron chi connectivity index (χ2n) is 5.29. The van der Waals surface area contributed by atoms with Crippen LogP contribution in [-0.2, 0) is 16.0 Å². The van der Waals surface area contributed by atoms with Crippen LogP contribution in [0, 0.1) is 0 Å². The average Bonchev–Trinajstić information content (AvgIpc) is 2.49. The predicted octanol–water partition coefficient (Wildman–Crippen LogP) is 2.86. The van der Waals surface area contributed by atoms with Gasteiger partial charge in [-0.25, -0.2) is 0 Å². The Morgan fingerprint density at radius 2 is 1.71 bits per heavy atom. The molecule has 0 unspecified atom stereocenters. The van der Waals surface area contributed by atoms with E-state index in [4.69, 9.17) is 0 Å². The van der Waals surface area contributed by atoms with Crippen LogP contribution in [0.25, 0.3) is 0 Å². The molecule has 2 amide bonds. The summed E-state index contributed by atoms with van der Waals surface area (Å²) in [6.07, 6.45) is 2.99. The van der Waals surface area contributed by atoms with Crippen LogP contribution in [0.15, 0.2) is 24.3 Å². The quantitative estimate of drug-likeness (QED) is 0.774. The lowest BCUT2D eigenvalue weighted by Gasteiger charge is -2.24. The van der Waals surface area contributed by atoms with Crippen molar-refractivity contribution in [2.75, 3.05) is 25.0 Å². The summed E-state index contributed by atoms with van der Waals surface area (Å²) in [5, 5.41) is 0. The molecule has 1 aromatic rings. The lowest BCUT2D eigenvalue weighted by molar-refractivity contribution is -0.130. The molecule has 0 heterocycles. The second kappa shape index (κ2) is 8.45. The third-order valence-corrected chi connectivity index (χ3v) is 3.60. The fraction of sp³-hybridized carbons (Fsp3) is 0.529. The van der Waals surface area contributed by atoms with Gasteiger partial charge in [-0.15, -0.1) is 0 Å². The first-order chi connectivity index (χ1) is 9.99. The van der Waals surface area contributed by atoms with E-state index in [0.717, 1.165) is 31.5 Å². The first-order valence-corrected chi connectivity index (χ1v) is 7.60. The van der Waals surface area contributed by atoms with Crippen molar-refractivity contribution >= 4 is 17.5 Å². The number of aryl methyl sites for hydroxylation is 1. The molecule has 0 spiro atoms. The zero-order valence-corrected chi connectivity index (χ0v) is 13.6. The van der Waals surface area contributed by atoms with Gasteiger partial charge < -0.3 is 9.80 Å². The molecule has 0 bridgehead atoms. The maximum absolute atomic E-state index is 12.2. The summed E-state index contributed by atoms with van der Waals surface area (Å²) in [5.41, 5.74) is 1.99. The van der Waals surface area contributed by atoms with Crippen LogP contribution in [0.5, 0.6) is 0 Å². The lowest BCUT2D eigenvalue weighted by atomic mass is 10.1. The van der Waals surface area contributed by atoms with Crippen LogP contribution in [0.3, 0.4) is 0 Å². The number of anilines is 1. The number of nitrogens with zero attached hydrogens (tertiary/aromatic N) is 2. The molecule has 116 valence electrons. The number of carbonyl (C=O) groups is 2. The number of carbonyl (C=O) groups excluding carboxylic acids is 2. The van der Waals surface area contributed by atoms with Gasteiger partial charge in [-0.05, 0) is 30.5 Å². The summed E-state index contributed by atoms with van der Waals surface area (Å²) in [4.78, 5) is 27.2. The van der Waals surface area contributed by atoms with E-state index < -0.39 is 0 Å². The van der Waals surface area contributed by atoms with Crippen molar-refractivity contribution in [3.05, 3.63) is 29.8 Å². The molecule has 0 aliphatic rings. The molecule has 0 aliphatic heterocycles. The number of amides is 2. The van der Waals surface area contributed by atoms with Gasteiger partial charge in [-0.1, -0.05) is 32.4 Å². The lowest BCUT2D eigenvalue weighted by Crippen LogP contribution is -2.41. The average molecular weight is 290 g/mol. The summed E-state index contributed by atoms with van der Waals surface area (Å²) in [7, 11) is 1.79. The van der Waals surface area contributed by atoms with Crippen LogP contribution in [0.4, 0.5) is 5.69 Å². The molecule has 0 saturated heterocycles. The number of rotatable bonds is 7. The molecule has 4 nitrogen and oxygen atoms in total. The first kappa shape index (κ1) is 17.2. The van der Waals surface area contributed by atoms with Crippen LogP contribution in [0.2, 0.25) is 0 Å². The fourth-order valence-corrected chi connectivity index (χ4v) is 2.07. The standard InChI is InChI=1S/C17H26N2O2/c1-5-7-12-18(4)17(21)13-19(14(3)20)16-10-8-15(6-2)9-11-16/h8-11H,5-7,12-13H2,1-4H3. The third-order valence-electron chi connectivity index (χ3n) is 3.60. The minimum Gasteiger partial charge on any atom is -0.344 e. The molecule has 0 radical (unpaired) electrons. The van der Waals surface area contributed by atoms with E-state index in [1.54, 1.807) is 11.9 Å². The van der Waals surface area contributed by atoms with Gasteiger partial charge in [0.05, 0.1) is 0 Å². The smallest absolute Gasteiger partial charge is 0.242 e. The largest absolute Gasteiger partial charge is 0.344 e. The molecule has 0 fully saturated rings. The minimum absolute atomic E-state index is 0.0294. The molecular weight excluding hydrogens is 264 g/mol. The Kier molecular flexibility index (Phi) is 6.92. The molecule has 0 N–H and O–H groups in total. The highest BCUT2D eigenvalue weighted by molar-refractivity contribution is 5.97. The third kappa shape index (κ3) is 5.21. The molecule has 0 atom stereocenters. The van der Waals surface area contributed by atoms with Gasteiger partial charge in [-0.2, -0.15) is 0 Å². The van der Waals surface area contributed by atoms with Crippen LogP contribution < -0.4 is 4.90 Å². The SMILES string of the molecule is CCCCN(C)C(=O)CN(C(C)=O)c1ccc(CC)cc1. The first-order valence-electron chi connectivity index (χ1n) is 7.60. The highest BCUT2D eigenvalue weighted by Gasteiger charge is 2.18. The van der Waals surface area contributed by atoms with E-state index in [1.165, 1.54) is 17.4 Å². The van der Waals surface area contributed by atoms with Crippen molar-refractivity contribution in [2.45, 2.75) is 40.0 Å². The molecule has 0 aromatic heterocycles.